The zero-order valence-electron chi connectivity index (χ0n) is 6.85. The molecule has 0 heterocycles. The zero-order valence-corrected chi connectivity index (χ0v) is 6.85. The van der Waals surface area contributed by atoms with Crippen LogP contribution in [0.3, 0.4) is 0 Å². The van der Waals surface area contributed by atoms with E-state index in [1.54, 1.807) is 0 Å². The molecule has 1 fully saturated rings. The largest absolute Gasteiger partial charge is 0.198 e. The van der Waals surface area contributed by atoms with Gasteiger partial charge in [0.05, 0.1) is 6.07 Å². The van der Waals surface area contributed by atoms with Crippen LogP contribution in [-0.2, 0) is 0 Å². The summed E-state index contributed by atoms with van der Waals surface area (Å²) < 4.78 is 0. The molecule has 0 aliphatic heterocycles. The molecular weight excluding hydrogens is 122 g/mol. The van der Waals surface area contributed by atoms with Gasteiger partial charge in [0.15, 0.2) is 0 Å². The minimum absolute atomic E-state index is 0.337. The summed E-state index contributed by atoms with van der Waals surface area (Å²) in [6.07, 6.45) is 4.76. The van der Waals surface area contributed by atoms with E-state index in [-0.39, 0.29) is 0 Å². The Kier molecular flexibility index (Phi) is 1.99. The highest BCUT2D eigenvalue weighted by molar-refractivity contribution is 4.90. The molecule has 1 unspecified atom stereocenters. The minimum atomic E-state index is 0.337. The molecule has 0 aromatic heterocycles. The molecule has 1 heteroatoms. The van der Waals surface area contributed by atoms with Crippen molar-refractivity contribution in [3.8, 4) is 6.07 Å². The van der Waals surface area contributed by atoms with Gasteiger partial charge in [0.25, 0.3) is 0 Å². The van der Waals surface area contributed by atoms with Crippen LogP contribution in [0.4, 0.5) is 0 Å². The summed E-state index contributed by atoms with van der Waals surface area (Å²) >= 11 is 0. The van der Waals surface area contributed by atoms with Gasteiger partial charge in [-0.1, -0.05) is 20.3 Å². The fraction of sp³-hybridized carbons (Fsp3) is 0.889. The lowest BCUT2D eigenvalue weighted by molar-refractivity contribution is 0.210. The second-order valence-electron chi connectivity index (χ2n) is 4.09. The van der Waals surface area contributed by atoms with Crippen molar-refractivity contribution in [3.05, 3.63) is 0 Å². The van der Waals surface area contributed by atoms with Gasteiger partial charge in [0.2, 0.25) is 0 Å². The van der Waals surface area contributed by atoms with Crippen molar-refractivity contribution in [1.82, 2.24) is 0 Å². The van der Waals surface area contributed by atoms with Crippen molar-refractivity contribution in [2.24, 2.45) is 11.3 Å². The van der Waals surface area contributed by atoms with Crippen molar-refractivity contribution in [2.45, 2.75) is 39.5 Å². The van der Waals surface area contributed by atoms with E-state index < -0.39 is 0 Å². The van der Waals surface area contributed by atoms with Crippen molar-refractivity contribution in [3.63, 3.8) is 0 Å². The highest BCUT2D eigenvalue weighted by atomic mass is 14.4. The third-order valence-corrected chi connectivity index (χ3v) is 2.39. The molecule has 1 rings (SSSR count). The molecule has 56 valence electrons. The Morgan fingerprint density at radius 1 is 1.50 bits per heavy atom. The van der Waals surface area contributed by atoms with Crippen LogP contribution in [-0.4, -0.2) is 0 Å². The van der Waals surface area contributed by atoms with Crippen molar-refractivity contribution < 1.29 is 0 Å². The lowest BCUT2D eigenvalue weighted by Gasteiger charge is -2.31. The van der Waals surface area contributed by atoms with E-state index in [0.29, 0.717) is 11.3 Å². The van der Waals surface area contributed by atoms with Crippen LogP contribution in [0.1, 0.15) is 39.5 Å². The molecular formula is C9H15N. The smallest absolute Gasteiger partial charge is 0.0655 e. The molecule has 0 aromatic carbocycles. The van der Waals surface area contributed by atoms with Crippen LogP contribution in [0.25, 0.3) is 0 Å². The van der Waals surface area contributed by atoms with E-state index in [9.17, 15) is 0 Å². The first kappa shape index (κ1) is 7.60. The second-order valence-corrected chi connectivity index (χ2v) is 4.09. The predicted octanol–water partition coefficient (Wildman–Crippen LogP) is 2.73. The van der Waals surface area contributed by atoms with Crippen LogP contribution in [0.15, 0.2) is 0 Å². The Balaban J connectivity index is 2.49. The topological polar surface area (TPSA) is 23.8 Å². The first-order chi connectivity index (χ1) is 4.64. The molecule has 1 saturated carbocycles. The Morgan fingerprint density at radius 2 is 2.20 bits per heavy atom. The number of hydrogen-bond acceptors (Lipinski definition) is 1. The third-order valence-electron chi connectivity index (χ3n) is 2.39. The van der Waals surface area contributed by atoms with E-state index in [1.807, 2.05) is 0 Å². The van der Waals surface area contributed by atoms with Gasteiger partial charge in [-0.3, -0.25) is 0 Å². The third kappa shape index (κ3) is 1.73. The number of hydrogen-bond donors (Lipinski definition) is 0. The number of nitrogens with zero attached hydrogens (tertiary/aromatic N) is 1. The minimum Gasteiger partial charge on any atom is -0.198 e. The number of nitriles is 1. The van der Waals surface area contributed by atoms with Gasteiger partial charge < -0.3 is 0 Å². The molecule has 1 atom stereocenters. The first-order valence-corrected chi connectivity index (χ1v) is 4.04. The van der Waals surface area contributed by atoms with Gasteiger partial charge in [0.1, 0.15) is 0 Å². The predicted molar refractivity (Wildman–Crippen MR) is 41.4 cm³/mol. The summed E-state index contributed by atoms with van der Waals surface area (Å²) in [5.74, 6) is 0.337. The van der Waals surface area contributed by atoms with Crippen LogP contribution < -0.4 is 0 Å². The van der Waals surface area contributed by atoms with Crippen molar-refractivity contribution in [1.29, 1.82) is 5.26 Å². The maximum atomic E-state index is 8.67. The highest BCUT2D eigenvalue weighted by Gasteiger charge is 2.27. The van der Waals surface area contributed by atoms with Gasteiger partial charge in [-0.15, -0.1) is 0 Å². The Hall–Kier alpha value is -0.510. The molecule has 0 bridgehead atoms. The zero-order chi connectivity index (χ0) is 7.61. The maximum absolute atomic E-state index is 8.67. The molecule has 1 nitrogen and oxygen atoms in total. The van der Waals surface area contributed by atoms with Crippen molar-refractivity contribution >= 4 is 0 Å². The second kappa shape index (κ2) is 2.62. The Morgan fingerprint density at radius 3 is 2.60 bits per heavy atom. The SMILES string of the molecule is CC1(C)CCCC(C#N)C1. The van der Waals surface area contributed by atoms with Gasteiger partial charge in [-0.05, 0) is 24.7 Å². The lowest BCUT2D eigenvalue weighted by Crippen LogP contribution is -2.21. The molecule has 0 radical (unpaired) electrons. The van der Waals surface area contributed by atoms with Crippen LogP contribution in [0.5, 0.6) is 0 Å². The summed E-state index contributed by atoms with van der Waals surface area (Å²) in [5, 5.41) is 8.67. The van der Waals surface area contributed by atoms with Gasteiger partial charge in [0, 0.05) is 5.92 Å². The summed E-state index contributed by atoms with van der Waals surface area (Å²) in [4.78, 5) is 0. The van der Waals surface area contributed by atoms with Gasteiger partial charge >= 0.3 is 0 Å². The molecule has 1 aliphatic rings. The first-order valence-electron chi connectivity index (χ1n) is 4.04. The molecule has 0 N–H and O–H groups in total. The maximum Gasteiger partial charge on any atom is 0.0655 e. The van der Waals surface area contributed by atoms with E-state index in [2.05, 4.69) is 19.9 Å². The Labute approximate surface area is 63.0 Å². The molecule has 0 amide bonds. The fourth-order valence-corrected chi connectivity index (χ4v) is 1.81. The van der Waals surface area contributed by atoms with Crippen LogP contribution in [0, 0.1) is 22.7 Å². The van der Waals surface area contributed by atoms with Crippen LogP contribution in [0.2, 0.25) is 0 Å². The number of rotatable bonds is 0. The van der Waals surface area contributed by atoms with Gasteiger partial charge in [-0.25, -0.2) is 0 Å². The Bertz CT molecular complexity index is 153. The summed E-state index contributed by atoms with van der Waals surface area (Å²) in [6.45, 7) is 4.52. The quantitative estimate of drug-likeness (QED) is 0.503. The summed E-state index contributed by atoms with van der Waals surface area (Å²) in [7, 11) is 0. The summed E-state index contributed by atoms with van der Waals surface area (Å²) in [6, 6.07) is 2.36. The van der Waals surface area contributed by atoms with E-state index in [1.165, 1.54) is 12.8 Å². The van der Waals surface area contributed by atoms with Crippen molar-refractivity contribution in [2.75, 3.05) is 0 Å². The highest BCUT2D eigenvalue weighted by Crippen LogP contribution is 2.37. The average molecular weight is 137 g/mol. The molecule has 0 aromatic rings. The normalized spacial score (nSPS) is 31.1. The molecule has 0 saturated heterocycles. The van der Waals surface area contributed by atoms with E-state index in [4.69, 9.17) is 5.26 Å². The molecule has 1 aliphatic carbocycles. The monoisotopic (exact) mass is 137 g/mol. The van der Waals surface area contributed by atoms with Crippen LogP contribution >= 0.6 is 0 Å². The van der Waals surface area contributed by atoms with Gasteiger partial charge in [-0.2, -0.15) is 5.26 Å². The molecule has 10 heavy (non-hydrogen) atoms. The summed E-state index contributed by atoms with van der Waals surface area (Å²) in [5.41, 5.74) is 0.429. The standard InChI is InChI=1S/C9H15N/c1-9(2)5-3-4-8(6-9)7-10/h8H,3-6H2,1-2H3. The molecule has 0 spiro atoms. The fourth-order valence-electron chi connectivity index (χ4n) is 1.81. The van der Waals surface area contributed by atoms with E-state index >= 15 is 0 Å². The van der Waals surface area contributed by atoms with E-state index in [0.717, 1.165) is 12.8 Å². The lowest BCUT2D eigenvalue weighted by atomic mass is 9.73. The average Bonchev–Trinajstić information content (AvgIpc) is 1.86.